The molecule has 0 radical (unpaired) electrons. The van der Waals surface area contributed by atoms with Gasteiger partial charge in [0.2, 0.25) is 5.91 Å². The lowest BCUT2D eigenvalue weighted by Gasteiger charge is -2.13. The Hall–Kier alpha value is -2.10. The smallest absolute Gasteiger partial charge is 0.266 e. The van der Waals surface area contributed by atoms with E-state index in [0.717, 1.165) is 17.5 Å². The molecule has 1 aliphatic heterocycles. The quantitative estimate of drug-likeness (QED) is 0.637. The van der Waals surface area contributed by atoms with Crippen molar-refractivity contribution in [1.82, 2.24) is 9.88 Å². The van der Waals surface area contributed by atoms with Crippen molar-refractivity contribution in [2.75, 3.05) is 11.9 Å². The number of benzene rings is 1. The fourth-order valence-corrected chi connectivity index (χ4v) is 4.03. The van der Waals surface area contributed by atoms with Crippen LogP contribution in [0.5, 0.6) is 0 Å². The zero-order valence-corrected chi connectivity index (χ0v) is 15.4. The Bertz CT molecular complexity index is 894. The van der Waals surface area contributed by atoms with Gasteiger partial charge in [-0.1, -0.05) is 42.2 Å². The molecule has 0 spiro atoms. The Labute approximate surface area is 156 Å². The second kappa shape index (κ2) is 7.42. The van der Waals surface area contributed by atoms with Gasteiger partial charge in [-0.3, -0.25) is 14.5 Å². The molecule has 3 rings (SSSR count). The van der Waals surface area contributed by atoms with Crippen LogP contribution in [0.2, 0.25) is 0 Å². The van der Waals surface area contributed by atoms with Crippen LogP contribution in [0, 0.1) is 12.7 Å². The molecular weight excluding hydrogens is 381 g/mol. The van der Waals surface area contributed by atoms with Gasteiger partial charge >= 0.3 is 0 Å². The predicted molar refractivity (Wildman–Crippen MR) is 102 cm³/mol. The summed E-state index contributed by atoms with van der Waals surface area (Å²) in [6, 6.07) is 6.14. The number of thioether (sulfide) groups is 1. The van der Waals surface area contributed by atoms with E-state index in [1.54, 1.807) is 18.2 Å². The molecule has 2 amide bonds. The maximum atomic E-state index is 13.7. The van der Waals surface area contributed by atoms with E-state index in [9.17, 15) is 14.0 Å². The van der Waals surface area contributed by atoms with Crippen molar-refractivity contribution < 1.29 is 14.0 Å². The summed E-state index contributed by atoms with van der Waals surface area (Å²) in [5.41, 5.74) is 1.10. The van der Waals surface area contributed by atoms with E-state index >= 15 is 0 Å². The number of rotatable bonds is 4. The van der Waals surface area contributed by atoms with Gasteiger partial charge in [-0.05, 0) is 19.1 Å². The monoisotopic (exact) mass is 393 g/mol. The van der Waals surface area contributed by atoms with E-state index in [0.29, 0.717) is 10.7 Å². The lowest BCUT2D eigenvalue weighted by Crippen LogP contribution is -2.36. The van der Waals surface area contributed by atoms with Gasteiger partial charge < -0.3 is 5.32 Å². The van der Waals surface area contributed by atoms with Gasteiger partial charge in [0, 0.05) is 10.9 Å². The summed E-state index contributed by atoms with van der Waals surface area (Å²) >= 11 is 7.52. The van der Waals surface area contributed by atoms with Crippen LogP contribution in [0.15, 0.2) is 34.6 Å². The lowest BCUT2D eigenvalue weighted by molar-refractivity contribution is -0.126. The third-order valence-corrected chi connectivity index (χ3v) is 5.49. The summed E-state index contributed by atoms with van der Waals surface area (Å²) in [7, 11) is 0. The molecule has 0 bridgehead atoms. The summed E-state index contributed by atoms with van der Waals surface area (Å²) in [6.45, 7) is 1.61. The minimum atomic E-state index is -0.426. The summed E-state index contributed by atoms with van der Waals surface area (Å²) < 4.78 is 14.0. The Balaban J connectivity index is 1.71. The molecule has 1 aliphatic rings. The molecule has 1 fully saturated rings. The van der Waals surface area contributed by atoms with Gasteiger partial charge in [0.15, 0.2) is 5.13 Å². The number of halogens is 1. The maximum Gasteiger partial charge on any atom is 0.266 e. The number of anilines is 1. The molecule has 25 heavy (non-hydrogen) atoms. The molecule has 1 aromatic carbocycles. The van der Waals surface area contributed by atoms with Crippen LogP contribution in [-0.2, 0) is 9.59 Å². The normalized spacial score (nSPS) is 15.9. The first-order chi connectivity index (χ1) is 11.9. The standard InChI is InChI=1S/C16H12FN3O2S3/c1-9-8-24-15(18-9)19-13(21)7-20-14(22)12(25-16(20)23)6-10-4-2-3-5-11(10)17/h2-6,8H,7H2,1H3,(H,18,19,21). The highest BCUT2D eigenvalue weighted by Crippen LogP contribution is 2.32. The zero-order chi connectivity index (χ0) is 18.0. The zero-order valence-electron chi connectivity index (χ0n) is 13.0. The van der Waals surface area contributed by atoms with E-state index in [2.05, 4.69) is 10.3 Å². The van der Waals surface area contributed by atoms with E-state index in [1.807, 2.05) is 12.3 Å². The number of nitrogens with one attached hydrogen (secondary N) is 1. The Morgan fingerprint density at radius 2 is 2.20 bits per heavy atom. The summed E-state index contributed by atoms with van der Waals surface area (Å²) in [6.07, 6.45) is 1.44. The van der Waals surface area contributed by atoms with Crippen LogP contribution in [0.1, 0.15) is 11.3 Å². The molecule has 2 aromatic rings. The second-order valence-corrected chi connectivity index (χ2v) is 7.67. The molecule has 1 saturated heterocycles. The van der Waals surface area contributed by atoms with Crippen molar-refractivity contribution in [3.8, 4) is 0 Å². The van der Waals surface area contributed by atoms with E-state index in [-0.39, 0.29) is 15.8 Å². The van der Waals surface area contributed by atoms with Crippen LogP contribution in [0.25, 0.3) is 6.08 Å². The molecule has 0 aliphatic carbocycles. The molecule has 0 atom stereocenters. The number of aryl methyl sites for hydroxylation is 1. The second-order valence-electron chi connectivity index (χ2n) is 5.13. The average molecular weight is 393 g/mol. The van der Waals surface area contributed by atoms with Crippen molar-refractivity contribution in [3.05, 3.63) is 51.6 Å². The number of hydrogen-bond donors (Lipinski definition) is 1. The van der Waals surface area contributed by atoms with Crippen LogP contribution in [0.4, 0.5) is 9.52 Å². The Morgan fingerprint density at radius 3 is 2.88 bits per heavy atom. The fraction of sp³-hybridized carbons (Fsp3) is 0.125. The number of carbonyl (C=O) groups excluding carboxylic acids is 2. The number of amides is 2. The molecule has 2 heterocycles. The number of nitrogens with zero attached hydrogens (tertiary/aromatic N) is 2. The summed E-state index contributed by atoms with van der Waals surface area (Å²) in [5.74, 6) is -1.23. The van der Waals surface area contributed by atoms with Crippen LogP contribution < -0.4 is 5.32 Å². The fourth-order valence-electron chi connectivity index (χ4n) is 2.08. The van der Waals surface area contributed by atoms with Crippen LogP contribution in [-0.4, -0.2) is 32.6 Å². The first kappa shape index (κ1) is 17.7. The first-order valence-electron chi connectivity index (χ1n) is 7.16. The van der Waals surface area contributed by atoms with Crippen molar-refractivity contribution in [3.63, 3.8) is 0 Å². The molecule has 0 saturated carbocycles. The molecule has 5 nitrogen and oxygen atoms in total. The minimum Gasteiger partial charge on any atom is -0.300 e. The topological polar surface area (TPSA) is 62.3 Å². The van der Waals surface area contributed by atoms with Gasteiger partial charge in [-0.25, -0.2) is 9.37 Å². The lowest BCUT2D eigenvalue weighted by atomic mass is 10.2. The summed E-state index contributed by atoms with van der Waals surface area (Å²) in [5, 5.41) is 4.91. The summed E-state index contributed by atoms with van der Waals surface area (Å²) in [4.78, 5) is 30.2. The molecule has 1 aromatic heterocycles. The van der Waals surface area contributed by atoms with Crippen molar-refractivity contribution in [2.24, 2.45) is 0 Å². The minimum absolute atomic E-state index is 0.210. The van der Waals surface area contributed by atoms with E-state index < -0.39 is 17.6 Å². The Morgan fingerprint density at radius 1 is 1.44 bits per heavy atom. The van der Waals surface area contributed by atoms with E-state index in [1.165, 1.54) is 28.4 Å². The molecule has 0 unspecified atom stereocenters. The maximum absolute atomic E-state index is 13.7. The predicted octanol–water partition coefficient (Wildman–Crippen LogP) is 3.43. The van der Waals surface area contributed by atoms with Gasteiger partial charge in [-0.15, -0.1) is 11.3 Å². The van der Waals surface area contributed by atoms with Crippen molar-refractivity contribution in [1.29, 1.82) is 0 Å². The van der Waals surface area contributed by atoms with Crippen molar-refractivity contribution in [2.45, 2.75) is 6.92 Å². The van der Waals surface area contributed by atoms with Gasteiger partial charge in [0.05, 0.1) is 10.6 Å². The largest absolute Gasteiger partial charge is 0.300 e. The Kier molecular flexibility index (Phi) is 5.26. The van der Waals surface area contributed by atoms with E-state index in [4.69, 9.17) is 12.2 Å². The van der Waals surface area contributed by atoms with Gasteiger partial charge in [0.1, 0.15) is 16.7 Å². The average Bonchev–Trinajstić information content (AvgIpc) is 3.08. The molecule has 1 N–H and O–H groups in total. The highest BCUT2D eigenvalue weighted by molar-refractivity contribution is 8.26. The van der Waals surface area contributed by atoms with Gasteiger partial charge in [-0.2, -0.15) is 0 Å². The van der Waals surface area contributed by atoms with Crippen LogP contribution >= 0.6 is 35.3 Å². The number of aromatic nitrogens is 1. The van der Waals surface area contributed by atoms with Crippen LogP contribution in [0.3, 0.4) is 0 Å². The number of thiazole rings is 1. The number of thiocarbonyl (C=S) groups is 1. The molecule has 9 heteroatoms. The number of carbonyl (C=O) groups is 2. The van der Waals surface area contributed by atoms with Gasteiger partial charge in [0.25, 0.3) is 5.91 Å². The highest BCUT2D eigenvalue weighted by atomic mass is 32.2. The third-order valence-electron chi connectivity index (χ3n) is 3.23. The first-order valence-corrected chi connectivity index (χ1v) is 9.26. The molecular formula is C16H12FN3O2S3. The third kappa shape index (κ3) is 4.12. The van der Waals surface area contributed by atoms with Crippen molar-refractivity contribution >= 4 is 62.7 Å². The SMILES string of the molecule is Cc1csc(NC(=O)CN2C(=O)C(=Cc3ccccc3F)SC2=S)n1. The highest BCUT2D eigenvalue weighted by Gasteiger charge is 2.33. The number of hydrogen-bond acceptors (Lipinski definition) is 6. The molecule has 128 valence electrons.